The fourth-order valence-corrected chi connectivity index (χ4v) is 2.70. The van der Waals surface area contributed by atoms with Gasteiger partial charge in [0.05, 0.1) is 26.2 Å². The zero-order valence-electron chi connectivity index (χ0n) is 11.6. The van der Waals surface area contributed by atoms with Gasteiger partial charge in [-0.1, -0.05) is 27.2 Å². The predicted octanol–water partition coefficient (Wildman–Crippen LogP) is 3.03. The van der Waals surface area contributed by atoms with Crippen LogP contribution >= 0.6 is 0 Å². The Hall–Kier alpha value is -0.570. The van der Waals surface area contributed by atoms with Gasteiger partial charge in [0.15, 0.2) is 0 Å². The number of esters is 1. The molecule has 1 aliphatic carbocycles. The van der Waals surface area contributed by atoms with Crippen LogP contribution in [0.3, 0.4) is 0 Å². The summed E-state index contributed by atoms with van der Waals surface area (Å²) >= 11 is 0. The second-order valence-electron chi connectivity index (χ2n) is 5.56. The van der Waals surface area contributed by atoms with Gasteiger partial charge in [0, 0.05) is 0 Å². The summed E-state index contributed by atoms with van der Waals surface area (Å²) in [7, 11) is 1.42. The van der Waals surface area contributed by atoms with Gasteiger partial charge in [-0.2, -0.15) is 0 Å². The Morgan fingerprint density at radius 1 is 1.35 bits per heavy atom. The van der Waals surface area contributed by atoms with E-state index in [0.29, 0.717) is 31.0 Å². The Morgan fingerprint density at radius 3 is 2.65 bits per heavy atom. The molecule has 1 aliphatic rings. The van der Waals surface area contributed by atoms with Crippen LogP contribution in [0.5, 0.6) is 0 Å². The van der Waals surface area contributed by atoms with Crippen molar-refractivity contribution in [3.8, 4) is 0 Å². The van der Waals surface area contributed by atoms with Crippen LogP contribution in [-0.4, -0.2) is 25.8 Å². The minimum absolute atomic E-state index is 0.185. The molecule has 0 amide bonds. The fraction of sp³-hybridized carbons (Fsp3) is 0.929. The summed E-state index contributed by atoms with van der Waals surface area (Å²) in [5.41, 5.74) is 0. The lowest BCUT2D eigenvalue weighted by Gasteiger charge is -2.37. The first-order valence-electron chi connectivity index (χ1n) is 6.73. The van der Waals surface area contributed by atoms with Crippen molar-refractivity contribution >= 4 is 5.97 Å². The van der Waals surface area contributed by atoms with Gasteiger partial charge < -0.3 is 9.47 Å². The molecule has 1 rings (SSSR count). The number of carbonyl (C=O) groups is 1. The summed E-state index contributed by atoms with van der Waals surface area (Å²) in [6.07, 6.45) is 4.38. The molecule has 3 nitrogen and oxygen atoms in total. The molecule has 0 heterocycles. The zero-order valence-corrected chi connectivity index (χ0v) is 11.6. The normalized spacial score (nSPS) is 29.4. The Balaban J connectivity index is 2.38. The van der Waals surface area contributed by atoms with Crippen LogP contribution < -0.4 is 0 Å². The zero-order chi connectivity index (χ0) is 12.8. The van der Waals surface area contributed by atoms with Crippen molar-refractivity contribution in [2.75, 3.05) is 13.7 Å². The van der Waals surface area contributed by atoms with Gasteiger partial charge in [0.2, 0.25) is 0 Å². The molecule has 0 aromatic heterocycles. The summed E-state index contributed by atoms with van der Waals surface area (Å²) in [6, 6.07) is 0. The van der Waals surface area contributed by atoms with Gasteiger partial charge in [-0.25, -0.2) is 0 Å². The highest BCUT2D eigenvalue weighted by molar-refractivity contribution is 5.69. The summed E-state index contributed by atoms with van der Waals surface area (Å²) in [5, 5.41) is 0. The Labute approximate surface area is 105 Å². The van der Waals surface area contributed by atoms with Gasteiger partial charge in [-0.3, -0.25) is 4.79 Å². The van der Waals surface area contributed by atoms with Crippen LogP contribution in [0.1, 0.15) is 46.5 Å². The first-order chi connectivity index (χ1) is 8.04. The van der Waals surface area contributed by atoms with Gasteiger partial charge in [0.1, 0.15) is 0 Å². The maximum Gasteiger partial charge on any atom is 0.307 e. The van der Waals surface area contributed by atoms with E-state index in [4.69, 9.17) is 4.74 Å². The van der Waals surface area contributed by atoms with Crippen molar-refractivity contribution in [2.24, 2.45) is 17.8 Å². The third-order valence-electron chi connectivity index (χ3n) is 3.83. The first kappa shape index (κ1) is 14.5. The third kappa shape index (κ3) is 4.66. The van der Waals surface area contributed by atoms with Crippen molar-refractivity contribution < 1.29 is 14.3 Å². The lowest BCUT2D eigenvalue weighted by molar-refractivity contribution is -0.143. The van der Waals surface area contributed by atoms with Crippen molar-refractivity contribution in [2.45, 2.75) is 52.6 Å². The summed E-state index contributed by atoms with van der Waals surface area (Å²) in [5.74, 6) is 1.86. The molecule has 3 heteroatoms. The molecule has 3 atom stereocenters. The number of rotatable bonds is 5. The second-order valence-corrected chi connectivity index (χ2v) is 5.56. The Kier molecular flexibility index (Phi) is 5.96. The molecule has 0 aliphatic heterocycles. The summed E-state index contributed by atoms with van der Waals surface area (Å²) in [6.45, 7) is 7.30. The highest BCUT2D eigenvalue weighted by Crippen LogP contribution is 2.35. The molecule has 1 saturated carbocycles. The van der Waals surface area contributed by atoms with E-state index in [1.807, 2.05) is 0 Å². The largest absolute Gasteiger partial charge is 0.469 e. The highest BCUT2D eigenvalue weighted by atomic mass is 16.5. The lowest BCUT2D eigenvalue weighted by atomic mass is 9.75. The van der Waals surface area contributed by atoms with E-state index in [-0.39, 0.29) is 5.97 Å². The topological polar surface area (TPSA) is 35.5 Å². The van der Waals surface area contributed by atoms with Crippen molar-refractivity contribution in [3.63, 3.8) is 0 Å². The lowest BCUT2D eigenvalue weighted by Crippen LogP contribution is -2.34. The minimum atomic E-state index is -0.185. The SMILES string of the molecule is COC(=O)CCOC1CC(C)CCC1C(C)C. The van der Waals surface area contributed by atoms with Crippen LogP contribution in [0.25, 0.3) is 0 Å². The molecule has 0 bridgehead atoms. The van der Waals surface area contributed by atoms with Crippen molar-refractivity contribution in [1.29, 1.82) is 0 Å². The monoisotopic (exact) mass is 242 g/mol. The van der Waals surface area contributed by atoms with Crippen LogP contribution in [-0.2, 0) is 14.3 Å². The van der Waals surface area contributed by atoms with E-state index >= 15 is 0 Å². The predicted molar refractivity (Wildman–Crippen MR) is 67.7 cm³/mol. The van der Waals surface area contributed by atoms with Gasteiger partial charge in [-0.15, -0.1) is 0 Å². The van der Waals surface area contributed by atoms with E-state index in [1.54, 1.807) is 0 Å². The molecule has 0 aromatic rings. The number of methoxy groups -OCH3 is 1. The fourth-order valence-electron chi connectivity index (χ4n) is 2.70. The van der Waals surface area contributed by atoms with E-state index < -0.39 is 0 Å². The first-order valence-corrected chi connectivity index (χ1v) is 6.73. The maximum atomic E-state index is 11.0. The molecule has 0 saturated heterocycles. The van der Waals surface area contributed by atoms with Crippen molar-refractivity contribution in [3.05, 3.63) is 0 Å². The average molecular weight is 242 g/mol. The van der Waals surface area contributed by atoms with Crippen LogP contribution in [0.2, 0.25) is 0 Å². The van der Waals surface area contributed by atoms with Crippen LogP contribution in [0.15, 0.2) is 0 Å². The van der Waals surface area contributed by atoms with Gasteiger partial charge in [-0.05, 0) is 30.6 Å². The number of carbonyl (C=O) groups excluding carboxylic acids is 1. The Morgan fingerprint density at radius 2 is 2.06 bits per heavy atom. The van der Waals surface area contributed by atoms with E-state index in [0.717, 1.165) is 12.3 Å². The summed E-state index contributed by atoms with van der Waals surface area (Å²) in [4.78, 5) is 11.0. The molecule has 17 heavy (non-hydrogen) atoms. The molecule has 0 aromatic carbocycles. The maximum absolute atomic E-state index is 11.0. The van der Waals surface area contributed by atoms with Crippen LogP contribution in [0.4, 0.5) is 0 Å². The second kappa shape index (κ2) is 7.00. The van der Waals surface area contributed by atoms with Crippen molar-refractivity contribution in [1.82, 2.24) is 0 Å². The molecule has 0 spiro atoms. The molecule has 0 N–H and O–H groups in total. The quantitative estimate of drug-likeness (QED) is 0.695. The molecule has 100 valence electrons. The Bertz CT molecular complexity index is 238. The standard InChI is InChI=1S/C14H26O3/c1-10(2)12-6-5-11(3)9-13(12)17-8-7-14(15)16-4/h10-13H,5-9H2,1-4H3. The van der Waals surface area contributed by atoms with Gasteiger partial charge in [0.25, 0.3) is 0 Å². The van der Waals surface area contributed by atoms with E-state index in [9.17, 15) is 4.79 Å². The van der Waals surface area contributed by atoms with E-state index in [2.05, 4.69) is 25.5 Å². The summed E-state index contributed by atoms with van der Waals surface area (Å²) < 4.78 is 10.5. The molecule has 3 unspecified atom stereocenters. The van der Waals surface area contributed by atoms with E-state index in [1.165, 1.54) is 20.0 Å². The molecular formula is C14H26O3. The smallest absolute Gasteiger partial charge is 0.307 e. The molecule has 1 fully saturated rings. The molecule has 0 radical (unpaired) electrons. The van der Waals surface area contributed by atoms with Gasteiger partial charge >= 0.3 is 5.97 Å². The minimum Gasteiger partial charge on any atom is -0.469 e. The molecular weight excluding hydrogens is 216 g/mol. The number of hydrogen-bond acceptors (Lipinski definition) is 3. The third-order valence-corrected chi connectivity index (χ3v) is 3.83. The number of hydrogen-bond donors (Lipinski definition) is 0. The average Bonchev–Trinajstić information content (AvgIpc) is 2.28. The number of ether oxygens (including phenoxy) is 2. The van der Waals surface area contributed by atoms with Crippen LogP contribution in [0, 0.1) is 17.8 Å². The highest BCUT2D eigenvalue weighted by Gasteiger charge is 2.31.